The fraction of sp³-hybridized carbons (Fsp3) is 0.286. The number of H-pyrrole nitrogens is 3. The summed E-state index contributed by atoms with van der Waals surface area (Å²) in [6, 6.07) is 0. The largest absolute Gasteiger partial charge is 3.00 e. The van der Waals surface area contributed by atoms with Crippen molar-refractivity contribution >= 4 is 23.5 Å². The smallest absolute Gasteiger partial charge is 0.746 e. The summed E-state index contributed by atoms with van der Waals surface area (Å²) < 4.78 is 57.5. The van der Waals surface area contributed by atoms with E-state index in [1.807, 2.05) is 0 Å². The van der Waals surface area contributed by atoms with E-state index in [9.17, 15) is 58.1 Å². The van der Waals surface area contributed by atoms with Crippen molar-refractivity contribution in [3.63, 3.8) is 0 Å². The Morgan fingerprint density at radius 2 is 0.739 bits per heavy atom. The molecule has 1 radical (unpaired) electrons. The van der Waals surface area contributed by atoms with E-state index in [0.29, 0.717) is 0 Å². The third-order valence-corrected chi connectivity index (χ3v) is 7.55. The predicted octanol–water partition coefficient (Wildman–Crippen LogP) is -0.355. The van der Waals surface area contributed by atoms with E-state index in [1.54, 1.807) is 0 Å². The fourth-order valence-electron chi connectivity index (χ4n) is 2.46. The minimum atomic E-state index is -4.54. The van der Waals surface area contributed by atoms with Crippen molar-refractivity contribution in [2.75, 3.05) is 21.3 Å². The number of aryl methyl sites for hydroxylation is 3. The molecule has 6 N–H and O–H groups in total. The van der Waals surface area contributed by atoms with Crippen molar-refractivity contribution in [1.82, 2.24) is 15.0 Å². The maximum Gasteiger partial charge on any atom is 3.00 e. The number of aromatic nitrogens is 3. The van der Waals surface area contributed by atoms with Gasteiger partial charge in [0, 0.05) is 39.9 Å². The Balaban J connectivity index is 0.000000653. The molecule has 0 saturated heterocycles. The van der Waals surface area contributed by atoms with Crippen molar-refractivity contribution in [2.24, 2.45) is 0 Å². The molecule has 0 aliphatic carbocycles. The Hall–Kier alpha value is -3.38. The van der Waals surface area contributed by atoms with E-state index in [2.05, 4.69) is 42.1 Å². The molecule has 0 amide bonds. The zero-order chi connectivity index (χ0) is 34.9. The Morgan fingerprint density at radius 3 is 0.913 bits per heavy atom. The maximum absolute atomic E-state index is 11.3. The molecule has 0 spiro atoms. The number of phosphoric acid groups is 3. The molecule has 257 valence electrons. The first-order chi connectivity index (χ1) is 20.6. The fourth-order valence-corrected chi connectivity index (χ4v) is 3.81. The van der Waals surface area contributed by atoms with Gasteiger partial charge in [-0.15, -0.1) is 0 Å². The summed E-state index contributed by atoms with van der Waals surface area (Å²) in [5.74, 6) is -3.41. The monoisotopic (exact) mass is 758 g/mol. The van der Waals surface area contributed by atoms with E-state index < -0.39 is 74.3 Å². The number of aromatic amines is 3. The Labute approximate surface area is 269 Å². The minimum absolute atomic E-state index is 0. The summed E-state index contributed by atoms with van der Waals surface area (Å²) >= 11 is 0. The predicted molar refractivity (Wildman–Crippen MR) is 146 cm³/mol. The Morgan fingerprint density at radius 1 is 0.543 bits per heavy atom. The van der Waals surface area contributed by atoms with Gasteiger partial charge in [0.1, 0.15) is 0 Å². The topological polar surface area (TPSA) is 335 Å². The maximum atomic E-state index is 11.3. The SMILES string of the molecule is COP(=O)([O-])Oc1c[nH]c(C)c(O)c1=O.COP(=O)([O-])Oc1c[nH]c(C)c(O)c1=O.COP(=O)([O-])Oc1c[nH]c(C)c(O)c1=O.[Fe+3]. The van der Waals surface area contributed by atoms with E-state index in [0.717, 1.165) is 39.9 Å². The summed E-state index contributed by atoms with van der Waals surface area (Å²) in [5.41, 5.74) is -2.11. The first-order valence-electron chi connectivity index (χ1n) is 11.5. The zero-order valence-electron chi connectivity index (χ0n) is 24.4. The number of nitrogens with one attached hydrogen (secondary N) is 3. The average Bonchev–Trinajstić information content (AvgIpc) is 2.98. The molecule has 3 rings (SSSR count). The van der Waals surface area contributed by atoms with E-state index >= 15 is 0 Å². The van der Waals surface area contributed by atoms with E-state index in [1.165, 1.54) is 20.8 Å². The van der Waals surface area contributed by atoms with Crippen LogP contribution in [0.2, 0.25) is 0 Å². The van der Waals surface area contributed by atoms with E-state index in [4.69, 9.17) is 0 Å². The molecule has 3 aromatic heterocycles. The van der Waals surface area contributed by atoms with Gasteiger partial charge in [-0.1, -0.05) is 0 Å². The van der Waals surface area contributed by atoms with Crippen molar-refractivity contribution in [3.05, 3.63) is 66.3 Å². The molecule has 21 nitrogen and oxygen atoms in total. The summed E-state index contributed by atoms with van der Waals surface area (Å²) in [5, 5.41) is 27.6. The van der Waals surface area contributed by atoms with Gasteiger partial charge < -0.3 is 72.1 Å². The van der Waals surface area contributed by atoms with Crippen molar-refractivity contribution in [3.8, 4) is 34.5 Å². The van der Waals surface area contributed by atoms with Gasteiger partial charge in [0.05, 0.1) is 17.1 Å². The molecular formula is C21H27FeN3O18P3. The van der Waals surface area contributed by atoms with Gasteiger partial charge in [0.15, 0.2) is 34.5 Å². The first kappa shape index (κ1) is 42.6. The molecule has 0 aliphatic heterocycles. The third-order valence-electron chi connectivity index (χ3n) is 4.94. The zero-order valence-corrected chi connectivity index (χ0v) is 28.2. The van der Waals surface area contributed by atoms with Crippen LogP contribution < -0.4 is 44.5 Å². The molecule has 0 saturated carbocycles. The molecule has 0 bridgehead atoms. The molecule has 3 unspecified atom stereocenters. The van der Waals surface area contributed by atoms with Gasteiger partial charge in [-0.25, -0.2) is 0 Å². The molecule has 0 fully saturated rings. The van der Waals surface area contributed by atoms with Gasteiger partial charge >= 0.3 is 40.5 Å². The van der Waals surface area contributed by atoms with Crippen LogP contribution in [0.4, 0.5) is 0 Å². The van der Waals surface area contributed by atoms with Gasteiger partial charge in [-0.3, -0.25) is 28.1 Å². The van der Waals surface area contributed by atoms with Gasteiger partial charge in [0.25, 0.3) is 16.3 Å². The van der Waals surface area contributed by atoms with Crippen LogP contribution in [0.3, 0.4) is 0 Å². The van der Waals surface area contributed by atoms with Crippen molar-refractivity contribution in [2.45, 2.75) is 20.8 Å². The second-order valence-corrected chi connectivity index (χ2v) is 12.4. The van der Waals surface area contributed by atoms with Crippen LogP contribution >= 0.6 is 23.5 Å². The van der Waals surface area contributed by atoms with Gasteiger partial charge in [0.2, 0.25) is 0 Å². The second-order valence-electron chi connectivity index (χ2n) is 8.03. The number of hydrogen-bond donors (Lipinski definition) is 6. The Bertz CT molecular complexity index is 1620. The van der Waals surface area contributed by atoms with E-state index in [-0.39, 0.29) is 34.2 Å². The molecule has 46 heavy (non-hydrogen) atoms. The molecule has 3 atom stereocenters. The quantitative estimate of drug-likeness (QED) is 0.120. The standard InChI is InChI=1S/3C7H10NO6P.Fe/c3*1-4-6(9)7(10)5(3-8-4)14-15(11,12)13-2;/h3*3,9H,1-2H3,(H,8,10)(H,11,12);/q;;;+3/p-3. The van der Waals surface area contributed by atoms with Crippen LogP contribution in [0, 0.1) is 20.8 Å². The van der Waals surface area contributed by atoms with Crippen LogP contribution in [0.15, 0.2) is 33.0 Å². The molecule has 0 aromatic carbocycles. The average molecular weight is 758 g/mol. The van der Waals surface area contributed by atoms with Crippen LogP contribution in [-0.2, 0) is 44.3 Å². The summed E-state index contributed by atoms with van der Waals surface area (Å²) in [4.78, 5) is 73.8. The number of phosphoric ester groups is 3. The molecule has 0 aliphatic rings. The number of pyridine rings is 3. The third kappa shape index (κ3) is 12.4. The number of aromatic hydroxyl groups is 3. The van der Waals surface area contributed by atoms with Gasteiger partial charge in [-0.05, 0) is 20.8 Å². The summed E-state index contributed by atoms with van der Waals surface area (Å²) in [6.07, 6.45) is 3.09. The van der Waals surface area contributed by atoms with Crippen LogP contribution in [0.1, 0.15) is 17.1 Å². The summed E-state index contributed by atoms with van der Waals surface area (Å²) in [7, 11) is -10.9. The Kier molecular flexibility index (Phi) is 16.2. The van der Waals surface area contributed by atoms with Crippen LogP contribution in [-0.4, -0.2) is 51.6 Å². The van der Waals surface area contributed by atoms with Crippen LogP contribution in [0.25, 0.3) is 0 Å². The molecule has 25 heteroatoms. The van der Waals surface area contributed by atoms with Crippen LogP contribution in [0.5, 0.6) is 34.5 Å². The normalized spacial score (nSPS) is 14.3. The van der Waals surface area contributed by atoms with Crippen molar-refractivity contribution < 1.29 is 87.9 Å². The van der Waals surface area contributed by atoms with Gasteiger partial charge in [-0.2, -0.15) is 0 Å². The summed E-state index contributed by atoms with van der Waals surface area (Å²) in [6.45, 7) is 4.36. The number of rotatable bonds is 9. The molecule has 3 aromatic rings. The number of hydrogen-bond acceptors (Lipinski definition) is 18. The molecular weight excluding hydrogens is 731 g/mol. The second kappa shape index (κ2) is 17.5. The molecule has 3 heterocycles. The minimum Gasteiger partial charge on any atom is -0.746 e. The first-order valence-corrected chi connectivity index (χ1v) is 15.9. The van der Waals surface area contributed by atoms with Crippen molar-refractivity contribution in [1.29, 1.82) is 0 Å².